The number of ether oxygens (including phenoxy) is 2. The van der Waals surface area contributed by atoms with Crippen molar-refractivity contribution in [1.29, 1.82) is 0 Å². The first-order valence-electron chi connectivity index (χ1n) is 8.87. The number of methoxy groups -OCH3 is 1. The summed E-state index contributed by atoms with van der Waals surface area (Å²) >= 11 is 6.09. The molecule has 1 aromatic heterocycles. The van der Waals surface area contributed by atoms with Crippen LogP contribution < -0.4 is 9.46 Å². The molecule has 3 aromatic rings. The van der Waals surface area contributed by atoms with Crippen molar-refractivity contribution in [3.8, 4) is 17.1 Å². The number of benzene rings is 2. The topological polar surface area (TPSA) is 108 Å². The molecular weight excluding hydrogens is 432 g/mol. The summed E-state index contributed by atoms with van der Waals surface area (Å²) in [5.41, 5.74) is 1.31. The first-order chi connectivity index (χ1) is 14.3. The van der Waals surface area contributed by atoms with Crippen molar-refractivity contribution in [2.45, 2.75) is 18.7 Å². The monoisotopic (exact) mass is 450 g/mol. The van der Waals surface area contributed by atoms with Crippen LogP contribution >= 0.6 is 11.6 Å². The lowest BCUT2D eigenvalue weighted by atomic mass is 10.1. The third-order valence-corrected chi connectivity index (χ3v) is 6.04. The molecule has 3 rings (SSSR count). The van der Waals surface area contributed by atoms with Crippen LogP contribution in [0.5, 0.6) is 5.75 Å². The fourth-order valence-electron chi connectivity index (χ4n) is 2.67. The molecule has 0 atom stereocenters. The zero-order valence-corrected chi connectivity index (χ0v) is 18.0. The van der Waals surface area contributed by atoms with Gasteiger partial charge in [-0.05, 0) is 49.7 Å². The van der Waals surface area contributed by atoms with Crippen molar-refractivity contribution in [1.82, 2.24) is 5.16 Å². The number of sulfonamides is 1. The fourth-order valence-corrected chi connectivity index (χ4v) is 4.16. The van der Waals surface area contributed by atoms with Crippen LogP contribution in [0.15, 0.2) is 51.9 Å². The average Bonchev–Trinajstić information content (AvgIpc) is 3.21. The molecule has 1 heterocycles. The van der Waals surface area contributed by atoms with Gasteiger partial charge in [-0.25, -0.2) is 13.2 Å². The van der Waals surface area contributed by atoms with E-state index in [2.05, 4.69) is 9.88 Å². The first-order valence-corrected chi connectivity index (χ1v) is 10.7. The highest BCUT2D eigenvalue weighted by Gasteiger charge is 2.23. The number of halogens is 1. The van der Waals surface area contributed by atoms with Gasteiger partial charge >= 0.3 is 5.97 Å². The second-order valence-electron chi connectivity index (χ2n) is 6.18. The van der Waals surface area contributed by atoms with Gasteiger partial charge in [-0.1, -0.05) is 22.8 Å². The molecule has 0 saturated heterocycles. The molecule has 0 bridgehead atoms. The molecule has 0 unspecified atom stereocenters. The van der Waals surface area contributed by atoms with Crippen LogP contribution in [0.2, 0.25) is 5.02 Å². The number of nitrogens with zero attached hydrogens (tertiary/aromatic N) is 1. The van der Waals surface area contributed by atoms with Gasteiger partial charge in [0.25, 0.3) is 10.0 Å². The van der Waals surface area contributed by atoms with Crippen molar-refractivity contribution < 1.29 is 27.2 Å². The Hall–Kier alpha value is -3.04. The summed E-state index contributed by atoms with van der Waals surface area (Å²) in [5.74, 6) is -0.292. The largest absolute Gasteiger partial charge is 0.495 e. The maximum absolute atomic E-state index is 13.1. The number of esters is 1. The van der Waals surface area contributed by atoms with E-state index in [0.717, 1.165) is 0 Å². The standard InChI is InChI=1S/C20H19ClN2O6S/c1-4-28-20(24)16-11-18(29-22-16)13-8-9-17(27-3)19(10-13)30(25,26)23-15-7-5-6-14(21)12(15)2/h5-11,23H,4H2,1-3H3. The predicted molar refractivity (Wildman–Crippen MR) is 111 cm³/mol. The Morgan fingerprint density at radius 1 is 1.23 bits per heavy atom. The Balaban J connectivity index is 2.00. The molecule has 0 aliphatic rings. The molecule has 1 N–H and O–H groups in total. The summed E-state index contributed by atoms with van der Waals surface area (Å²) in [7, 11) is -2.66. The van der Waals surface area contributed by atoms with Gasteiger partial charge in [0.05, 0.1) is 19.4 Å². The lowest BCUT2D eigenvalue weighted by Crippen LogP contribution is -2.15. The van der Waals surface area contributed by atoms with E-state index in [9.17, 15) is 13.2 Å². The van der Waals surface area contributed by atoms with E-state index in [0.29, 0.717) is 21.8 Å². The molecule has 0 spiro atoms. The van der Waals surface area contributed by atoms with E-state index in [-0.39, 0.29) is 28.7 Å². The summed E-state index contributed by atoms with van der Waals surface area (Å²) in [5, 5.41) is 4.11. The van der Waals surface area contributed by atoms with Crippen LogP contribution in [0.25, 0.3) is 11.3 Å². The summed E-state index contributed by atoms with van der Waals surface area (Å²) in [6.45, 7) is 3.58. The van der Waals surface area contributed by atoms with E-state index in [1.54, 1.807) is 38.1 Å². The van der Waals surface area contributed by atoms with Crippen LogP contribution in [0.4, 0.5) is 5.69 Å². The smallest absolute Gasteiger partial charge is 0.360 e. The third-order valence-electron chi connectivity index (χ3n) is 4.24. The van der Waals surface area contributed by atoms with Crippen LogP contribution in [0.1, 0.15) is 23.0 Å². The number of hydrogen-bond donors (Lipinski definition) is 1. The van der Waals surface area contributed by atoms with Crippen molar-refractivity contribution in [3.63, 3.8) is 0 Å². The Morgan fingerprint density at radius 3 is 2.70 bits per heavy atom. The average molecular weight is 451 g/mol. The van der Waals surface area contributed by atoms with E-state index in [4.69, 9.17) is 25.6 Å². The number of hydrogen-bond acceptors (Lipinski definition) is 7. The highest BCUT2D eigenvalue weighted by atomic mass is 35.5. The van der Waals surface area contributed by atoms with Crippen molar-refractivity contribution in [2.75, 3.05) is 18.4 Å². The zero-order chi connectivity index (χ0) is 21.9. The highest BCUT2D eigenvalue weighted by Crippen LogP contribution is 2.33. The number of carbonyl (C=O) groups is 1. The van der Waals surface area contributed by atoms with Gasteiger partial charge in [0.2, 0.25) is 0 Å². The van der Waals surface area contributed by atoms with Gasteiger partial charge in [0.1, 0.15) is 10.6 Å². The molecule has 0 amide bonds. The molecule has 0 radical (unpaired) electrons. The van der Waals surface area contributed by atoms with Crippen LogP contribution in [-0.2, 0) is 14.8 Å². The van der Waals surface area contributed by atoms with Gasteiger partial charge in [0.15, 0.2) is 11.5 Å². The quantitative estimate of drug-likeness (QED) is 0.535. The Morgan fingerprint density at radius 2 is 2.00 bits per heavy atom. The highest BCUT2D eigenvalue weighted by molar-refractivity contribution is 7.92. The number of aromatic nitrogens is 1. The number of rotatable bonds is 7. The Labute approximate surface area is 178 Å². The third kappa shape index (κ3) is 4.42. The molecule has 0 aliphatic heterocycles. The maximum Gasteiger partial charge on any atom is 0.360 e. The van der Waals surface area contributed by atoms with Gasteiger partial charge in [-0.3, -0.25) is 4.72 Å². The second-order valence-corrected chi connectivity index (χ2v) is 8.24. The summed E-state index contributed by atoms with van der Waals surface area (Å²) in [6.07, 6.45) is 0. The number of carbonyl (C=O) groups excluding carboxylic acids is 1. The molecule has 2 aromatic carbocycles. The molecule has 8 nitrogen and oxygen atoms in total. The predicted octanol–water partition coefficient (Wildman–Crippen LogP) is 4.29. The summed E-state index contributed by atoms with van der Waals surface area (Å²) < 4.78 is 44.0. The van der Waals surface area contributed by atoms with Gasteiger partial charge in [-0.15, -0.1) is 0 Å². The molecule has 0 fully saturated rings. The van der Waals surface area contributed by atoms with E-state index in [1.165, 1.54) is 25.3 Å². The lowest BCUT2D eigenvalue weighted by molar-refractivity contribution is 0.0514. The van der Waals surface area contributed by atoms with Gasteiger partial charge in [-0.2, -0.15) is 0 Å². The van der Waals surface area contributed by atoms with Crippen LogP contribution in [0.3, 0.4) is 0 Å². The van der Waals surface area contributed by atoms with Gasteiger partial charge < -0.3 is 14.0 Å². The van der Waals surface area contributed by atoms with Crippen molar-refractivity contribution in [2.24, 2.45) is 0 Å². The van der Waals surface area contributed by atoms with Crippen LogP contribution in [-0.4, -0.2) is 33.3 Å². The number of nitrogens with one attached hydrogen (secondary N) is 1. The lowest BCUT2D eigenvalue weighted by Gasteiger charge is -2.14. The van der Waals surface area contributed by atoms with Crippen LogP contribution in [0, 0.1) is 6.92 Å². The minimum absolute atomic E-state index is 0.0141. The number of anilines is 1. The molecular formula is C20H19ClN2O6S. The normalized spacial score (nSPS) is 11.2. The molecule has 0 saturated carbocycles. The van der Waals surface area contributed by atoms with E-state index >= 15 is 0 Å². The Kier molecular flexibility index (Phi) is 6.33. The molecule has 158 valence electrons. The second kappa shape index (κ2) is 8.76. The minimum atomic E-state index is -4.03. The van der Waals surface area contributed by atoms with E-state index in [1.807, 2.05) is 0 Å². The molecule has 0 aliphatic carbocycles. The van der Waals surface area contributed by atoms with E-state index < -0.39 is 16.0 Å². The summed E-state index contributed by atoms with van der Waals surface area (Å²) in [6, 6.07) is 10.8. The van der Waals surface area contributed by atoms with Crippen molar-refractivity contribution in [3.05, 3.63) is 58.7 Å². The fraction of sp³-hybridized carbons (Fsp3) is 0.200. The van der Waals surface area contributed by atoms with Gasteiger partial charge in [0, 0.05) is 16.7 Å². The summed E-state index contributed by atoms with van der Waals surface area (Å²) in [4.78, 5) is 11.7. The maximum atomic E-state index is 13.1. The SMILES string of the molecule is CCOC(=O)c1cc(-c2ccc(OC)c(S(=O)(=O)Nc3cccc(Cl)c3C)c2)on1. The van der Waals surface area contributed by atoms with Crippen molar-refractivity contribution >= 4 is 33.3 Å². The Bertz CT molecular complexity index is 1190. The first kappa shape index (κ1) is 21.7. The molecule has 10 heteroatoms. The minimum Gasteiger partial charge on any atom is -0.495 e. The molecule has 30 heavy (non-hydrogen) atoms. The zero-order valence-electron chi connectivity index (χ0n) is 16.4.